The monoisotopic (exact) mass is 637 g/mol. The van der Waals surface area contributed by atoms with Gasteiger partial charge in [0.1, 0.15) is 18.2 Å². The van der Waals surface area contributed by atoms with Crippen molar-refractivity contribution in [3.05, 3.63) is 60.3 Å². The average molecular weight is 638 g/mol. The number of likely N-dealkylation sites (tertiary alicyclic amines) is 1. The highest BCUT2D eigenvalue weighted by Crippen LogP contribution is 2.33. The maximum atomic E-state index is 13.2. The van der Waals surface area contributed by atoms with Gasteiger partial charge in [0.15, 0.2) is 5.82 Å². The van der Waals surface area contributed by atoms with Crippen LogP contribution in [-0.2, 0) is 11.8 Å². The summed E-state index contributed by atoms with van der Waals surface area (Å²) in [6.07, 6.45) is 8.32. The van der Waals surface area contributed by atoms with E-state index in [9.17, 15) is 4.79 Å². The Labute approximate surface area is 274 Å². The summed E-state index contributed by atoms with van der Waals surface area (Å²) in [6, 6.07) is 9.74. The van der Waals surface area contributed by atoms with Crippen molar-refractivity contribution in [2.75, 3.05) is 48.3 Å². The molecular formula is C34H43N11O2. The number of amides is 1. The van der Waals surface area contributed by atoms with E-state index < -0.39 is 0 Å². The summed E-state index contributed by atoms with van der Waals surface area (Å²) in [5, 5.41) is 11.7. The summed E-state index contributed by atoms with van der Waals surface area (Å²) < 4.78 is 8.03. The van der Waals surface area contributed by atoms with Gasteiger partial charge in [-0.1, -0.05) is 25.5 Å². The first-order valence-corrected chi connectivity index (χ1v) is 16.3. The highest BCUT2D eigenvalue weighted by atomic mass is 16.5. The number of aromatic amines is 1. The Kier molecular flexibility index (Phi) is 9.62. The van der Waals surface area contributed by atoms with E-state index in [0.717, 1.165) is 83.8 Å². The first kappa shape index (κ1) is 31.9. The molecule has 47 heavy (non-hydrogen) atoms. The lowest BCUT2D eigenvalue weighted by atomic mass is 10.1. The number of aryl methyl sites for hydroxylation is 3. The Balaban J connectivity index is 1.09. The Morgan fingerprint density at radius 2 is 2.04 bits per heavy atom. The number of rotatable bonds is 13. The molecule has 1 aliphatic rings. The number of carbonyl (C=O) groups is 1. The molecule has 0 radical (unpaired) electrons. The Hall–Kier alpha value is -5.04. The van der Waals surface area contributed by atoms with Crippen LogP contribution in [0, 0.1) is 13.8 Å². The third-order valence-electron chi connectivity index (χ3n) is 8.57. The minimum absolute atomic E-state index is 0.0390. The van der Waals surface area contributed by atoms with Gasteiger partial charge < -0.3 is 25.3 Å². The topological polar surface area (TPSA) is 142 Å². The molecular weight excluding hydrogens is 594 g/mol. The van der Waals surface area contributed by atoms with E-state index in [-0.39, 0.29) is 18.6 Å². The molecule has 0 saturated carbocycles. The molecule has 6 rings (SSSR count). The molecule has 0 bridgehead atoms. The second kappa shape index (κ2) is 14.2. The van der Waals surface area contributed by atoms with Gasteiger partial charge in [0, 0.05) is 74.4 Å². The van der Waals surface area contributed by atoms with Gasteiger partial charge in [-0.3, -0.25) is 14.4 Å². The number of nitrogens with one attached hydrogen (secondary N) is 3. The van der Waals surface area contributed by atoms with Gasteiger partial charge in [-0.15, -0.1) is 0 Å². The highest BCUT2D eigenvalue weighted by Gasteiger charge is 2.26. The second-order valence-electron chi connectivity index (χ2n) is 12.0. The Bertz CT molecular complexity index is 1830. The number of hydrogen-bond acceptors (Lipinski definition) is 10. The lowest BCUT2D eigenvalue weighted by Gasteiger charge is -2.22. The first-order chi connectivity index (χ1) is 22.8. The van der Waals surface area contributed by atoms with Crippen LogP contribution in [0.4, 0.5) is 23.3 Å². The summed E-state index contributed by atoms with van der Waals surface area (Å²) in [6.45, 7) is 11.8. The number of nitrogens with zero attached hydrogens (tertiary/aromatic N) is 8. The SMILES string of the molecule is CCCCN(CC)c1cc(O[C@H]2CCN(CC(=O)Nc3cccc4c(-c5nc(Nc6cc(C)n(C)n6)ncc5C)c[nH]c34)C2)ncn1. The lowest BCUT2D eigenvalue weighted by molar-refractivity contribution is -0.117. The van der Waals surface area contributed by atoms with E-state index in [1.807, 2.05) is 57.4 Å². The summed E-state index contributed by atoms with van der Waals surface area (Å²) in [5.74, 6) is 2.52. The van der Waals surface area contributed by atoms with E-state index in [0.29, 0.717) is 24.2 Å². The molecule has 4 aromatic heterocycles. The van der Waals surface area contributed by atoms with Crippen LogP contribution < -0.4 is 20.3 Å². The predicted octanol–water partition coefficient (Wildman–Crippen LogP) is 5.23. The quantitative estimate of drug-likeness (QED) is 0.157. The van der Waals surface area contributed by atoms with Gasteiger partial charge >= 0.3 is 0 Å². The minimum atomic E-state index is -0.0801. The maximum absolute atomic E-state index is 13.2. The van der Waals surface area contributed by atoms with E-state index >= 15 is 0 Å². The molecule has 1 aromatic carbocycles. The van der Waals surface area contributed by atoms with E-state index in [1.165, 1.54) is 0 Å². The zero-order valence-corrected chi connectivity index (χ0v) is 27.7. The van der Waals surface area contributed by atoms with Crippen molar-refractivity contribution in [1.29, 1.82) is 0 Å². The third kappa shape index (κ3) is 7.35. The van der Waals surface area contributed by atoms with Crippen molar-refractivity contribution < 1.29 is 9.53 Å². The van der Waals surface area contributed by atoms with Crippen molar-refractivity contribution in [3.8, 4) is 17.1 Å². The predicted molar refractivity (Wildman–Crippen MR) is 184 cm³/mol. The summed E-state index contributed by atoms with van der Waals surface area (Å²) in [4.78, 5) is 39.0. The fourth-order valence-electron chi connectivity index (χ4n) is 5.92. The van der Waals surface area contributed by atoms with Crippen molar-refractivity contribution in [3.63, 3.8) is 0 Å². The van der Waals surface area contributed by atoms with Crippen LogP contribution in [-0.4, -0.2) is 84.3 Å². The lowest BCUT2D eigenvalue weighted by Crippen LogP contribution is -2.33. The normalized spacial score (nSPS) is 14.9. The summed E-state index contributed by atoms with van der Waals surface area (Å²) in [7, 11) is 1.90. The number of unbranched alkanes of at least 4 members (excludes halogenated alkanes) is 1. The molecule has 0 spiro atoms. The zero-order valence-electron chi connectivity index (χ0n) is 27.7. The molecule has 1 fully saturated rings. The van der Waals surface area contributed by atoms with Crippen molar-refractivity contribution in [1.82, 2.24) is 39.6 Å². The maximum Gasteiger partial charge on any atom is 0.238 e. The summed E-state index contributed by atoms with van der Waals surface area (Å²) >= 11 is 0. The molecule has 1 aliphatic heterocycles. The van der Waals surface area contributed by atoms with Crippen LogP contribution in [0.5, 0.6) is 5.88 Å². The molecule has 0 aliphatic carbocycles. The Morgan fingerprint density at radius 3 is 2.83 bits per heavy atom. The number of aromatic nitrogens is 7. The van der Waals surface area contributed by atoms with E-state index in [2.05, 4.69) is 59.3 Å². The molecule has 1 amide bonds. The summed E-state index contributed by atoms with van der Waals surface area (Å²) in [5.41, 5.74) is 5.25. The van der Waals surface area contributed by atoms with Crippen LogP contribution in [0.15, 0.2) is 49.1 Å². The van der Waals surface area contributed by atoms with Gasteiger partial charge in [-0.25, -0.2) is 19.9 Å². The van der Waals surface area contributed by atoms with E-state index in [1.54, 1.807) is 17.2 Å². The minimum Gasteiger partial charge on any atom is -0.473 e. The molecule has 1 saturated heterocycles. The van der Waals surface area contributed by atoms with Gasteiger partial charge in [0.2, 0.25) is 17.7 Å². The van der Waals surface area contributed by atoms with Crippen molar-refractivity contribution in [2.45, 2.75) is 53.1 Å². The van der Waals surface area contributed by atoms with Gasteiger partial charge in [0.05, 0.1) is 23.4 Å². The standard InChI is InChI=1S/C34H43N11O2/c1-6-8-13-45(7-2)29-16-31(38-21-37-29)47-24-12-14-44(19-24)20-30(46)39-27-11-9-10-25-26(18-35-33(25)27)32-22(3)17-36-34(41-32)40-28-15-23(4)43(5)42-28/h9-11,15-18,21,24,35H,6-8,12-14,19-20H2,1-5H3,(H,39,46)(H,36,40,41,42)/t24-/m0/s1. The smallest absolute Gasteiger partial charge is 0.238 e. The van der Waals surface area contributed by atoms with Crippen molar-refractivity contribution in [2.24, 2.45) is 7.05 Å². The Morgan fingerprint density at radius 1 is 1.17 bits per heavy atom. The number of ether oxygens (including phenoxy) is 1. The van der Waals surface area contributed by atoms with Crippen LogP contribution in [0.2, 0.25) is 0 Å². The molecule has 0 unspecified atom stereocenters. The fourth-order valence-corrected chi connectivity index (χ4v) is 5.92. The third-order valence-corrected chi connectivity index (χ3v) is 8.57. The largest absolute Gasteiger partial charge is 0.473 e. The number of anilines is 4. The van der Waals surface area contributed by atoms with Crippen molar-refractivity contribution >= 4 is 40.1 Å². The number of benzene rings is 1. The van der Waals surface area contributed by atoms with Gasteiger partial charge in [0.25, 0.3) is 0 Å². The molecule has 3 N–H and O–H groups in total. The first-order valence-electron chi connectivity index (χ1n) is 16.3. The molecule has 5 heterocycles. The number of carbonyl (C=O) groups excluding carboxylic acids is 1. The van der Waals surface area contributed by atoms with Crippen LogP contribution in [0.3, 0.4) is 0 Å². The zero-order chi connectivity index (χ0) is 32.9. The number of H-pyrrole nitrogens is 1. The van der Waals surface area contributed by atoms with E-state index in [4.69, 9.17) is 9.72 Å². The molecule has 1 atom stereocenters. The molecule has 246 valence electrons. The average Bonchev–Trinajstić information content (AvgIpc) is 3.77. The molecule has 13 nitrogen and oxygen atoms in total. The van der Waals surface area contributed by atoms with Crippen LogP contribution in [0.1, 0.15) is 44.4 Å². The number of fused-ring (bicyclic) bond motifs is 1. The molecule has 13 heteroatoms. The van der Waals surface area contributed by atoms with Crippen LogP contribution >= 0.6 is 0 Å². The number of para-hydroxylation sites is 1. The number of hydrogen-bond donors (Lipinski definition) is 3. The van der Waals surface area contributed by atoms with Gasteiger partial charge in [-0.2, -0.15) is 5.10 Å². The second-order valence-corrected chi connectivity index (χ2v) is 12.0. The molecule has 5 aromatic rings. The van der Waals surface area contributed by atoms with Crippen LogP contribution in [0.25, 0.3) is 22.2 Å². The fraction of sp³-hybridized carbons (Fsp3) is 0.412. The van der Waals surface area contributed by atoms with Gasteiger partial charge in [-0.05, 0) is 45.2 Å². The highest BCUT2D eigenvalue weighted by molar-refractivity contribution is 6.06.